The van der Waals surface area contributed by atoms with Gasteiger partial charge in [0.15, 0.2) is 0 Å². The number of carbonyl (C=O) groups is 1. The van der Waals surface area contributed by atoms with Crippen LogP contribution in [0, 0.1) is 6.92 Å². The van der Waals surface area contributed by atoms with Crippen LogP contribution in [0.4, 0.5) is 0 Å². The van der Waals surface area contributed by atoms with E-state index in [0.717, 1.165) is 0 Å². The van der Waals surface area contributed by atoms with Gasteiger partial charge >= 0.3 is 0 Å². The maximum absolute atomic E-state index is 12.5. The number of carbonyl (C=O) groups excluding carboxylic acids is 1. The first kappa shape index (κ1) is 15.9. The lowest BCUT2D eigenvalue weighted by Crippen LogP contribution is -2.29. The van der Waals surface area contributed by atoms with Gasteiger partial charge in [-0.3, -0.25) is 9.59 Å². The molecule has 0 aliphatic heterocycles. The van der Waals surface area contributed by atoms with Crippen LogP contribution in [0.25, 0.3) is 10.8 Å². The molecule has 2 aromatic heterocycles. The van der Waals surface area contributed by atoms with E-state index in [1.54, 1.807) is 44.1 Å². The van der Waals surface area contributed by atoms with Crippen LogP contribution < -0.4 is 5.56 Å². The van der Waals surface area contributed by atoms with Gasteiger partial charge in [0, 0.05) is 25.5 Å². The average molecular weight is 326 g/mol. The maximum Gasteiger partial charge on any atom is 0.274 e. The zero-order valence-corrected chi connectivity index (χ0v) is 13.8. The summed E-state index contributed by atoms with van der Waals surface area (Å²) in [5.41, 5.74) is 1.11. The lowest BCUT2D eigenvalue weighted by Gasteiger charge is -2.16. The van der Waals surface area contributed by atoms with E-state index in [9.17, 15) is 9.59 Å². The van der Waals surface area contributed by atoms with Crippen molar-refractivity contribution in [2.24, 2.45) is 7.05 Å². The second-order valence-electron chi connectivity index (χ2n) is 5.78. The molecule has 0 aliphatic rings. The standard InChI is InChI=1S/C17H18N4O3/c1-11-8-12(19-24-11)10-20(2)16(22)9-15-13-6-4-5-7-14(13)17(23)21(3)18-15/h4-8H,9-10H2,1-3H3. The number of likely N-dealkylation sites (N-methyl/N-ethyl adjacent to an activating group) is 1. The fourth-order valence-electron chi connectivity index (χ4n) is 2.61. The molecule has 0 radical (unpaired) electrons. The van der Waals surface area contributed by atoms with Gasteiger partial charge in [0.2, 0.25) is 5.91 Å². The maximum atomic E-state index is 12.5. The number of nitrogens with zero attached hydrogens (tertiary/aromatic N) is 4. The van der Waals surface area contributed by atoms with Crippen molar-refractivity contribution in [3.05, 3.63) is 57.8 Å². The third kappa shape index (κ3) is 3.05. The molecule has 0 unspecified atom stereocenters. The molecule has 0 atom stereocenters. The van der Waals surface area contributed by atoms with Crippen LogP contribution in [0.3, 0.4) is 0 Å². The van der Waals surface area contributed by atoms with Crippen LogP contribution in [0.15, 0.2) is 39.6 Å². The van der Waals surface area contributed by atoms with Gasteiger partial charge in [-0.2, -0.15) is 5.10 Å². The molecule has 3 aromatic rings. The lowest BCUT2D eigenvalue weighted by atomic mass is 10.1. The van der Waals surface area contributed by atoms with Crippen molar-refractivity contribution in [1.29, 1.82) is 0 Å². The Morgan fingerprint density at radius 3 is 2.67 bits per heavy atom. The van der Waals surface area contributed by atoms with Gasteiger partial charge in [0.1, 0.15) is 11.5 Å². The second-order valence-corrected chi connectivity index (χ2v) is 5.78. The van der Waals surface area contributed by atoms with Gasteiger partial charge in [0.05, 0.1) is 24.0 Å². The molecule has 2 heterocycles. The largest absolute Gasteiger partial charge is 0.361 e. The Balaban J connectivity index is 1.85. The third-order valence-electron chi connectivity index (χ3n) is 3.85. The van der Waals surface area contributed by atoms with Gasteiger partial charge in [-0.15, -0.1) is 0 Å². The van der Waals surface area contributed by atoms with Crippen molar-refractivity contribution < 1.29 is 9.32 Å². The predicted octanol–water partition coefficient (Wildman–Crippen LogP) is 1.43. The SMILES string of the molecule is Cc1cc(CN(C)C(=O)Cc2nn(C)c(=O)c3ccccc23)no1. The Morgan fingerprint density at radius 2 is 2.00 bits per heavy atom. The summed E-state index contributed by atoms with van der Waals surface area (Å²) in [5.74, 6) is 0.600. The van der Waals surface area contributed by atoms with Gasteiger partial charge in [-0.25, -0.2) is 4.68 Å². The van der Waals surface area contributed by atoms with Crippen molar-refractivity contribution in [2.75, 3.05) is 7.05 Å². The van der Waals surface area contributed by atoms with Crippen LogP contribution in [0.2, 0.25) is 0 Å². The molecule has 0 bridgehead atoms. The Kier molecular flexibility index (Phi) is 4.16. The van der Waals surface area contributed by atoms with Crippen molar-refractivity contribution in [3.63, 3.8) is 0 Å². The first-order chi connectivity index (χ1) is 11.5. The molecule has 1 amide bonds. The van der Waals surface area contributed by atoms with E-state index in [1.807, 2.05) is 12.1 Å². The highest BCUT2D eigenvalue weighted by molar-refractivity contribution is 5.88. The molecule has 0 spiro atoms. The van der Waals surface area contributed by atoms with E-state index in [0.29, 0.717) is 34.5 Å². The van der Waals surface area contributed by atoms with Crippen molar-refractivity contribution in [2.45, 2.75) is 19.9 Å². The van der Waals surface area contributed by atoms with Crippen LogP contribution in [0.5, 0.6) is 0 Å². The minimum absolute atomic E-state index is 0.105. The van der Waals surface area contributed by atoms with Gasteiger partial charge in [0.25, 0.3) is 5.56 Å². The minimum Gasteiger partial charge on any atom is -0.361 e. The topological polar surface area (TPSA) is 81.2 Å². The Bertz CT molecular complexity index is 958. The predicted molar refractivity (Wildman–Crippen MR) is 88.4 cm³/mol. The molecule has 7 heteroatoms. The Hall–Kier alpha value is -2.96. The smallest absolute Gasteiger partial charge is 0.274 e. The van der Waals surface area contributed by atoms with Crippen molar-refractivity contribution >= 4 is 16.7 Å². The molecule has 0 aliphatic carbocycles. The molecule has 0 saturated heterocycles. The number of amides is 1. The number of aryl methyl sites for hydroxylation is 2. The lowest BCUT2D eigenvalue weighted by molar-refractivity contribution is -0.129. The van der Waals surface area contributed by atoms with Gasteiger partial charge in [-0.05, 0) is 13.0 Å². The third-order valence-corrected chi connectivity index (χ3v) is 3.85. The van der Waals surface area contributed by atoms with E-state index in [2.05, 4.69) is 10.3 Å². The van der Waals surface area contributed by atoms with Gasteiger partial charge in [-0.1, -0.05) is 23.4 Å². The molecular weight excluding hydrogens is 308 g/mol. The minimum atomic E-state index is -0.173. The highest BCUT2D eigenvalue weighted by atomic mass is 16.5. The van der Waals surface area contributed by atoms with E-state index in [1.165, 1.54) is 4.68 Å². The van der Waals surface area contributed by atoms with E-state index in [4.69, 9.17) is 4.52 Å². The summed E-state index contributed by atoms with van der Waals surface area (Å²) in [7, 11) is 3.29. The number of aromatic nitrogens is 3. The van der Waals surface area contributed by atoms with Crippen LogP contribution in [-0.2, 0) is 24.8 Å². The van der Waals surface area contributed by atoms with Crippen LogP contribution in [-0.4, -0.2) is 32.8 Å². The number of hydrogen-bond donors (Lipinski definition) is 0. The molecule has 1 aromatic carbocycles. The summed E-state index contributed by atoms with van der Waals surface area (Å²) in [6, 6.07) is 8.99. The summed E-state index contributed by atoms with van der Waals surface area (Å²) >= 11 is 0. The Labute approximate surface area is 138 Å². The molecule has 7 nitrogen and oxygen atoms in total. The summed E-state index contributed by atoms with van der Waals surface area (Å²) in [6.45, 7) is 2.17. The zero-order chi connectivity index (χ0) is 17.3. The fourth-order valence-corrected chi connectivity index (χ4v) is 2.61. The number of rotatable bonds is 4. The number of benzene rings is 1. The first-order valence-corrected chi connectivity index (χ1v) is 7.57. The summed E-state index contributed by atoms with van der Waals surface area (Å²) < 4.78 is 6.28. The molecule has 3 rings (SSSR count). The molecular formula is C17H18N4O3. The summed E-state index contributed by atoms with van der Waals surface area (Å²) in [4.78, 5) is 26.2. The van der Waals surface area contributed by atoms with Gasteiger partial charge < -0.3 is 9.42 Å². The molecule has 124 valence electrons. The van der Waals surface area contributed by atoms with E-state index in [-0.39, 0.29) is 17.9 Å². The van der Waals surface area contributed by atoms with Crippen molar-refractivity contribution in [3.8, 4) is 0 Å². The summed E-state index contributed by atoms with van der Waals surface area (Å²) in [5, 5.41) is 9.42. The molecule has 24 heavy (non-hydrogen) atoms. The normalized spacial score (nSPS) is 11.0. The highest BCUT2D eigenvalue weighted by Crippen LogP contribution is 2.14. The Morgan fingerprint density at radius 1 is 1.29 bits per heavy atom. The second kappa shape index (κ2) is 6.27. The van der Waals surface area contributed by atoms with E-state index >= 15 is 0 Å². The summed E-state index contributed by atoms with van der Waals surface area (Å²) in [6.07, 6.45) is 0.113. The molecule has 0 fully saturated rings. The monoisotopic (exact) mass is 326 g/mol. The van der Waals surface area contributed by atoms with Crippen LogP contribution >= 0.6 is 0 Å². The van der Waals surface area contributed by atoms with Crippen LogP contribution in [0.1, 0.15) is 17.1 Å². The molecule has 0 N–H and O–H groups in total. The van der Waals surface area contributed by atoms with E-state index < -0.39 is 0 Å². The zero-order valence-electron chi connectivity index (χ0n) is 13.8. The van der Waals surface area contributed by atoms with Crippen molar-refractivity contribution in [1.82, 2.24) is 19.8 Å². The number of hydrogen-bond acceptors (Lipinski definition) is 5. The fraction of sp³-hybridized carbons (Fsp3) is 0.294. The first-order valence-electron chi connectivity index (χ1n) is 7.57. The average Bonchev–Trinajstić information content (AvgIpc) is 2.97. The molecule has 0 saturated carbocycles. The number of fused-ring (bicyclic) bond motifs is 1. The quantitative estimate of drug-likeness (QED) is 0.724. The highest BCUT2D eigenvalue weighted by Gasteiger charge is 2.16.